The van der Waals surface area contributed by atoms with Crippen LogP contribution in [0.15, 0.2) is 24.5 Å². The fraction of sp³-hybridized carbons (Fsp3) is 0.250. The zero-order valence-corrected chi connectivity index (χ0v) is 10.6. The maximum absolute atomic E-state index is 13.0. The molecule has 7 heteroatoms. The van der Waals surface area contributed by atoms with Gasteiger partial charge in [-0.1, -0.05) is 0 Å². The maximum Gasteiger partial charge on any atom is 0.243 e. The number of halogens is 1. The quantitative estimate of drug-likeness (QED) is 0.775. The van der Waals surface area contributed by atoms with E-state index in [2.05, 4.69) is 20.5 Å². The third-order valence-corrected chi connectivity index (χ3v) is 3.07. The van der Waals surface area contributed by atoms with Crippen molar-refractivity contribution in [2.24, 2.45) is 7.05 Å². The third-order valence-electron chi connectivity index (χ3n) is 3.07. The minimum absolute atomic E-state index is 0.341. The highest BCUT2D eigenvalue weighted by molar-refractivity contribution is 5.43. The first kappa shape index (κ1) is 11.6. The number of nitrogens with one attached hydrogen (secondary N) is 1. The Morgan fingerprint density at radius 1 is 1.37 bits per heavy atom. The van der Waals surface area contributed by atoms with Gasteiger partial charge in [0.15, 0.2) is 5.65 Å². The van der Waals surface area contributed by atoms with Gasteiger partial charge in [-0.05, 0) is 19.1 Å². The Hall–Kier alpha value is -2.44. The van der Waals surface area contributed by atoms with Crippen LogP contribution in [0, 0.1) is 12.7 Å². The number of aromatic nitrogens is 5. The van der Waals surface area contributed by atoms with E-state index in [-0.39, 0.29) is 5.82 Å². The van der Waals surface area contributed by atoms with E-state index in [1.165, 1.54) is 16.8 Å². The smallest absolute Gasteiger partial charge is 0.243 e. The second-order valence-electron chi connectivity index (χ2n) is 4.32. The molecule has 0 spiro atoms. The van der Waals surface area contributed by atoms with Gasteiger partial charge in [-0.2, -0.15) is 10.1 Å². The second-order valence-corrected chi connectivity index (χ2v) is 4.32. The summed E-state index contributed by atoms with van der Waals surface area (Å²) in [4.78, 5) is 4.25. The van der Waals surface area contributed by atoms with Crippen molar-refractivity contribution in [1.29, 1.82) is 0 Å². The van der Waals surface area contributed by atoms with Crippen LogP contribution in [0.4, 0.5) is 10.3 Å². The number of rotatable bonds is 3. The van der Waals surface area contributed by atoms with Crippen molar-refractivity contribution in [2.45, 2.75) is 13.5 Å². The Kier molecular flexibility index (Phi) is 2.66. The van der Waals surface area contributed by atoms with E-state index in [0.29, 0.717) is 18.1 Å². The van der Waals surface area contributed by atoms with E-state index in [4.69, 9.17) is 0 Å². The van der Waals surface area contributed by atoms with Crippen LogP contribution in [0.3, 0.4) is 0 Å². The fourth-order valence-electron chi connectivity index (χ4n) is 1.82. The van der Waals surface area contributed by atoms with Crippen molar-refractivity contribution in [3.8, 4) is 0 Å². The summed E-state index contributed by atoms with van der Waals surface area (Å²) in [6.07, 6.45) is 3.10. The van der Waals surface area contributed by atoms with Gasteiger partial charge < -0.3 is 5.32 Å². The van der Waals surface area contributed by atoms with Crippen molar-refractivity contribution in [3.63, 3.8) is 0 Å². The van der Waals surface area contributed by atoms with Crippen molar-refractivity contribution >= 4 is 11.6 Å². The monoisotopic (exact) mass is 260 g/mol. The zero-order chi connectivity index (χ0) is 13.4. The number of aryl methyl sites for hydroxylation is 1. The van der Waals surface area contributed by atoms with E-state index in [0.717, 1.165) is 11.3 Å². The number of anilines is 1. The average Bonchev–Trinajstić information content (AvgIpc) is 2.92. The molecule has 0 aliphatic carbocycles. The first-order valence-electron chi connectivity index (χ1n) is 5.87. The van der Waals surface area contributed by atoms with Gasteiger partial charge in [0, 0.05) is 24.8 Å². The van der Waals surface area contributed by atoms with Crippen LogP contribution < -0.4 is 5.32 Å². The maximum atomic E-state index is 13.0. The number of nitrogens with zero attached hydrogens (tertiary/aromatic N) is 5. The lowest BCUT2D eigenvalue weighted by Gasteiger charge is -2.00. The summed E-state index contributed by atoms with van der Waals surface area (Å²) < 4.78 is 16.3. The third kappa shape index (κ3) is 2.14. The lowest BCUT2D eigenvalue weighted by molar-refractivity contribution is 0.615. The summed E-state index contributed by atoms with van der Waals surface area (Å²) in [6.45, 7) is 2.58. The van der Waals surface area contributed by atoms with E-state index in [1.807, 2.05) is 18.7 Å². The van der Waals surface area contributed by atoms with Crippen molar-refractivity contribution in [3.05, 3.63) is 41.6 Å². The van der Waals surface area contributed by atoms with E-state index in [1.54, 1.807) is 12.3 Å². The van der Waals surface area contributed by atoms with Crippen molar-refractivity contribution in [2.75, 3.05) is 5.32 Å². The Morgan fingerprint density at radius 2 is 2.21 bits per heavy atom. The molecular formula is C12H13FN6. The normalized spacial score (nSPS) is 11.1. The molecule has 0 amide bonds. The van der Waals surface area contributed by atoms with Gasteiger partial charge in [0.05, 0.1) is 12.4 Å². The molecule has 0 unspecified atom stereocenters. The lowest BCUT2D eigenvalue weighted by Crippen LogP contribution is -2.03. The molecule has 98 valence electrons. The summed E-state index contributed by atoms with van der Waals surface area (Å²) in [7, 11) is 1.89. The molecular weight excluding hydrogens is 247 g/mol. The highest BCUT2D eigenvalue weighted by Crippen LogP contribution is 2.10. The summed E-state index contributed by atoms with van der Waals surface area (Å²) in [5.74, 6) is 0.126. The molecule has 19 heavy (non-hydrogen) atoms. The molecule has 3 aromatic rings. The Bertz CT molecular complexity index is 729. The van der Waals surface area contributed by atoms with Gasteiger partial charge in [-0.15, -0.1) is 5.10 Å². The number of pyridine rings is 1. The highest BCUT2D eigenvalue weighted by Gasteiger charge is 2.06. The molecule has 0 fully saturated rings. The molecule has 0 aliphatic rings. The first-order valence-corrected chi connectivity index (χ1v) is 5.87. The van der Waals surface area contributed by atoms with Gasteiger partial charge in [0.2, 0.25) is 5.95 Å². The predicted octanol–water partition coefficient (Wildman–Crippen LogP) is 1.52. The minimum atomic E-state index is -0.341. The number of fused-ring (bicyclic) bond motifs is 1. The van der Waals surface area contributed by atoms with E-state index < -0.39 is 0 Å². The summed E-state index contributed by atoms with van der Waals surface area (Å²) in [5.41, 5.74) is 2.77. The SMILES string of the molecule is Cc1c(CNc2nc3ccc(F)cn3n2)cnn1C. The molecule has 3 heterocycles. The molecule has 3 rings (SSSR count). The molecule has 0 atom stereocenters. The molecule has 6 nitrogen and oxygen atoms in total. The molecule has 0 saturated carbocycles. The first-order chi connectivity index (χ1) is 9.13. The average molecular weight is 260 g/mol. The standard InChI is InChI=1S/C12H13FN6/c1-8-9(6-15-18(8)2)5-14-12-16-11-4-3-10(13)7-19(11)17-12/h3-4,6-7H,5H2,1-2H3,(H,14,17). The summed E-state index contributed by atoms with van der Waals surface area (Å²) in [6, 6.07) is 2.95. The fourth-order valence-corrected chi connectivity index (χ4v) is 1.82. The van der Waals surface area contributed by atoms with Crippen LogP contribution in [-0.4, -0.2) is 24.4 Å². The number of hydrogen-bond acceptors (Lipinski definition) is 4. The Labute approximate surface area is 108 Å². The van der Waals surface area contributed by atoms with Crippen molar-refractivity contribution < 1.29 is 4.39 Å². The van der Waals surface area contributed by atoms with Crippen LogP contribution in [-0.2, 0) is 13.6 Å². The molecule has 0 bridgehead atoms. The highest BCUT2D eigenvalue weighted by atomic mass is 19.1. The molecule has 0 aliphatic heterocycles. The van der Waals surface area contributed by atoms with Crippen LogP contribution in [0.25, 0.3) is 5.65 Å². The molecule has 1 N–H and O–H groups in total. The summed E-state index contributed by atoms with van der Waals surface area (Å²) >= 11 is 0. The van der Waals surface area contributed by atoms with E-state index >= 15 is 0 Å². The van der Waals surface area contributed by atoms with Crippen LogP contribution in [0.1, 0.15) is 11.3 Å². The topological polar surface area (TPSA) is 60.0 Å². The van der Waals surface area contributed by atoms with Gasteiger partial charge in [0.25, 0.3) is 0 Å². The molecule has 0 saturated heterocycles. The Morgan fingerprint density at radius 3 is 2.95 bits per heavy atom. The van der Waals surface area contributed by atoms with Crippen LogP contribution >= 0.6 is 0 Å². The van der Waals surface area contributed by atoms with Gasteiger partial charge in [-0.25, -0.2) is 8.91 Å². The number of hydrogen-bond donors (Lipinski definition) is 1. The minimum Gasteiger partial charge on any atom is -0.349 e. The molecule has 3 aromatic heterocycles. The summed E-state index contributed by atoms with van der Waals surface area (Å²) in [5, 5.41) is 11.4. The predicted molar refractivity (Wildman–Crippen MR) is 68.2 cm³/mol. The molecule has 0 radical (unpaired) electrons. The van der Waals surface area contributed by atoms with Crippen molar-refractivity contribution in [1.82, 2.24) is 24.4 Å². The largest absolute Gasteiger partial charge is 0.349 e. The molecule has 0 aromatic carbocycles. The van der Waals surface area contributed by atoms with Crippen LogP contribution in [0.5, 0.6) is 0 Å². The Balaban J connectivity index is 1.80. The van der Waals surface area contributed by atoms with Crippen LogP contribution in [0.2, 0.25) is 0 Å². The van der Waals surface area contributed by atoms with Gasteiger partial charge in [-0.3, -0.25) is 4.68 Å². The van der Waals surface area contributed by atoms with Gasteiger partial charge >= 0.3 is 0 Å². The second kappa shape index (κ2) is 4.34. The van der Waals surface area contributed by atoms with Gasteiger partial charge in [0.1, 0.15) is 5.82 Å². The van der Waals surface area contributed by atoms with E-state index in [9.17, 15) is 4.39 Å². The lowest BCUT2D eigenvalue weighted by atomic mass is 10.2. The zero-order valence-electron chi connectivity index (χ0n) is 10.6.